The van der Waals surface area contributed by atoms with E-state index in [4.69, 9.17) is 4.74 Å². The van der Waals surface area contributed by atoms with Crippen LogP contribution in [-0.4, -0.2) is 49.5 Å². The van der Waals surface area contributed by atoms with Crippen LogP contribution in [0.5, 0.6) is 5.75 Å². The molecule has 2 rings (SSSR count). The largest absolute Gasteiger partial charge is 0.492 e. The van der Waals surface area contributed by atoms with Crippen molar-refractivity contribution in [2.75, 3.05) is 38.1 Å². The van der Waals surface area contributed by atoms with E-state index in [1.165, 1.54) is 12.1 Å². The fraction of sp³-hybridized carbons (Fsp3) is 0.364. The minimum atomic E-state index is -0.370. The number of halogens is 1. The quantitative estimate of drug-likeness (QED) is 0.568. The monoisotopic (exact) mass is 401 g/mol. The fourth-order valence-electron chi connectivity index (χ4n) is 2.81. The SMILES string of the molecule is CCCN(CC(=O)NCCOc1cccc(F)c1)CC(=O)Nc1ccccc1C. The molecule has 0 aliphatic heterocycles. The second-order valence-electron chi connectivity index (χ2n) is 6.73. The van der Waals surface area contributed by atoms with Gasteiger partial charge in [0.2, 0.25) is 11.8 Å². The average molecular weight is 401 g/mol. The Bertz CT molecular complexity index is 813. The molecule has 0 saturated heterocycles. The number of ether oxygens (including phenoxy) is 1. The molecule has 0 radical (unpaired) electrons. The third-order valence-electron chi connectivity index (χ3n) is 4.18. The van der Waals surface area contributed by atoms with Crippen molar-refractivity contribution in [2.45, 2.75) is 20.3 Å². The van der Waals surface area contributed by atoms with Crippen LogP contribution in [0.2, 0.25) is 0 Å². The number of anilines is 1. The summed E-state index contributed by atoms with van der Waals surface area (Å²) in [6, 6.07) is 13.4. The van der Waals surface area contributed by atoms with Gasteiger partial charge >= 0.3 is 0 Å². The Hall–Kier alpha value is -2.93. The number of aryl methyl sites for hydroxylation is 1. The van der Waals surface area contributed by atoms with Crippen LogP contribution in [0.1, 0.15) is 18.9 Å². The summed E-state index contributed by atoms with van der Waals surface area (Å²) in [7, 11) is 0. The maximum Gasteiger partial charge on any atom is 0.238 e. The van der Waals surface area contributed by atoms with Crippen LogP contribution in [0, 0.1) is 12.7 Å². The number of carbonyl (C=O) groups excluding carboxylic acids is 2. The second-order valence-corrected chi connectivity index (χ2v) is 6.73. The van der Waals surface area contributed by atoms with Gasteiger partial charge in [0.25, 0.3) is 0 Å². The molecular formula is C22H28FN3O3. The first-order valence-corrected chi connectivity index (χ1v) is 9.71. The highest BCUT2D eigenvalue weighted by molar-refractivity contribution is 5.93. The van der Waals surface area contributed by atoms with E-state index in [2.05, 4.69) is 10.6 Å². The maximum absolute atomic E-state index is 13.1. The zero-order valence-corrected chi connectivity index (χ0v) is 16.9. The highest BCUT2D eigenvalue weighted by atomic mass is 19.1. The number of rotatable bonds is 11. The van der Waals surface area contributed by atoms with Gasteiger partial charge in [0, 0.05) is 11.8 Å². The summed E-state index contributed by atoms with van der Waals surface area (Å²) in [5.41, 5.74) is 1.76. The third-order valence-corrected chi connectivity index (χ3v) is 4.18. The van der Waals surface area contributed by atoms with Crippen LogP contribution < -0.4 is 15.4 Å². The first-order chi connectivity index (χ1) is 14.0. The van der Waals surface area contributed by atoms with Crippen molar-refractivity contribution in [3.63, 3.8) is 0 Å². The molecule has 0 aromatic heterocycles. The van der Waals surface area contributed by atoms with Gasteiger partial charge < -0.3 is 15.4 Å². The fourth-order valence-corrected chi connectivity index (χ4v) is 2.81. The van der Waals surface area contributed by atoms with E-state index in [9.17, 15) is 14.0 Å². The number of benzene rings is 2. The summed E-state index contributed by atoms with van der Waals surface area (Å²) in [6.45, 7) is 5.34. The van der Waals surface area contributed by atoms with Crippen molar-refractivity contribution < 1.29 is 18.7 Å². The van der Waals surface area contributed by atoms with Crippen LogP contribution in [-0.2, 0) is 9.59 Å². The van der Waals surface area contributed by atoms with Gasteiger partial charge in [-0.2, -0.15) is 0 Å². The molecule has 0 spiro atoms. The van der Waals surface area contributed by atoms with Crippen LogP contribution in [0.4, 0.5) is 10.1 Å². The zero-order chi connectivity index (χ0) is 21.1. The lowest BCUT2D eigenvalue weighted by molar-refractivity contribution is -0.123. The highest BCUT2D eigenvalue weighted by Gasteiger charge is 2.14. The molecule has 2 amide bonds. The van der Waals surface area contributed by atoms with Gasteiger partial charge in [0.05, 0.1) is 19.6 Å². The lowest BCUT2D eigenvalue weighted by Crippen LogP contribution is -2.42. The topological polar surface area (TPSA) is 70.7 Å². The number of amides is 2. The van der Waals surface area contributed by atoms with E-state index < -0.39 is 0 Å². The highest BCUT2D eigenvalue weighted by Crippen LogP contribution is 2.13. The summed E-state index contributed by atoms with van der Waals surface area (Å²) in [5, 5.41) is 5.64. The standard InChI is InChI=1S/C22H28FN3O3/c1-3-12-26(16-22(28)25-20-10-5-4-7-17(20)2)15-21(27)24-11-13-29-19-9-6-8-18(23)14-19/h4-10,14H,3,11-13,15-16H2,1-2H3,(H,24,27)(H,25,28). The summed E-state index contributed by atoms with van der Waals surface area (Å²) in [5.74, 6) is -0.301. The van der Waals surface area contributed by atoms with Crippen LogP contribution in [0.3, 0.4) is 0 Å². The minimum absolute atomic E-state index is 0.120. The molecule has 29 heavy (non-hydrogen) atoms. The van der Waals surface area contributed by atoms with Gasteiger partial charge in [-0.1, -0.05) is 31.2 Å². The first-order valence-electron chi connectivity index (χ1n) is 9.71. The smallest absolute Gasteiger partial charge is 0.238 e. The van der Waals surface area contributed by atoms with E-state index >= 15 is 0 Å². The predicted octanol–water partition coefficient (Wildman–Crippen LogP) is 2.98. The van der Waals surface area contributed by atoms with Crippen molar-refractivity contribution in [3.05, 3.63) is 59.9 Å². The van der Waals surface area contributed by atoms with Gasteiger partial charge in [0.15, 0.2) is 0 Å². The number of para-hydroxylation sites is 1. The van der Waals surface area contributed by atoms with Gasteiger partial charge in [-0.15, -0.1) is 0 Å². The van der Waals surface area contributed by atoms with Gasteiger partial charge in [0.1, 0.15) is 18.2 Å². The molecular weight excluding hydrogens is 373 g/mol. The average Bonchev–Trinajstić information content (AvgIpc) is 2.67. The lowest BCUT2D eigenvalue weighted by Gasteiger charge is -2.21. The maximum atomic E-state index is 13.1. The number of hydrogen-bond acceptors (Lipinski definition) is 4. The van der Waals surface area contributed by atoms with Gasteiger partial charge in [-0.25, -0.2) is 4.39 Å². The summed E-state index contributed by atoms with van der Waals surface area (Å²) in [6.07, 6.45) is 0.827. The summed E-state index contributed by atoms with van der Waals surface area (Å²) >= 11 is 0. The van der Waals surface area contributed by atoms with E-state index in [1.54, 1.807) is 17.0 Å². The molecule has 0 heterocycles. The molecule has 6 nitrogen and oxygen atoms in total. The van der Waals surface area contributed by atoms with Crippen molar-refractivity contribution in [1.29, 1.82) is 0 Å². The Morgan fingerprint density at radius 2 is 1.83 bits per heavy atom. The van der Waals surface area contributed by atoms with Gasteiger partial charge in [-0.3, -0.25) is 14.5 Å². The predicted molar refractivity (Wildman–Crippen MR) is 111 cm³/mol. The number of hydrogen-bond donors (Lipinski definition) is 2. The van der Waals surface area contributed by atoms with Crippen molar-refractivity contribution in [3.8, 4) is 5.75 Å². The molecule has 2 aromatic carbocycles. The molecule has 2 N–H and O–H groups in total. The van der Waals surface area contributed by atoms with E-state index in [0.29, 0.717) is 18.8 Å². The molecule has 0 unspecified atom stereocenters. The molecule has 0 fully saturated rings. The van der Waals surface area contributed by atoms with Crippen molar-refractivity contribution in [1.82, 2.24) is 10.2 Å². The Kier molecular flexibility index (Phi) is 9.11. The minimum Gasteiger partial charge on any atom is -0.492 e. The molecule has 0 aliphatic carbocycles. The first kappa shape index (κ1) is 22.4. The van der Waals surface area contributed by atoms with Crippen molar-refractivity contribution in [2.24, 2.45) is 0 Å². The number of carbonyl (C=O) groups is 2. The molecule has 2 aromatic rings. The Morgan fingerprint density at radius 1 is 1.07 bits per heavy atom. The van der Waals surface area contributed by atoms with E-state index in [-0.39, 0.29) is 37.3 Å². The van der Waals surface area contributed by atoms with Crippen LogP contribution >= 0.6 is 0 Å². The Morgan fingerprint density at radius 3 is 2.55 bits per heavy atom. The molecule has 7 heteroatoms. The van der Waals surface area contributed by atoms with Crippen LogP contribution in [0.15, 0.2) is 48.5 Å². The van der Waals surface area contributed by atoms with Crippen molar-refractivity contribution >= 4 is 17.5 Å². The molecule has 0 saturated carbocycles. The zero-order valence-electron chi connectivity index (χ0n) is 16.9. The Labute approximate surface area is 171 Å². The molecule has 156 valence electrons. The Balaban J connectivity index is 1.74. The van der Waals surface area contributed by atoms with Crippen LogP contribution in [0.25, 0.3) is 0 Å². The molecule has 0 atom stereocenters. The van der Waals surface area contributed by atoms with E-state index in [1.807, 2.05) is 38.1 Å². The molecule has 0 aliphatic rings. The second kappa shape index (κ2) is 11.8. The third kappa shape index (κ3) is 8.31. The lowest BCUT2D eigenvalue weighted by atomic mass is 10.2. The number of nitrogens with zero attached hydrogens (tertiary/aromatic N) is 1. The number of nitrogens with one attached hydrogen (secondary N) is 2. The van der Waals surface area contributed by atoms with Gasteiger partial charge in [-0.05, 0) is 43.7 Å². The molecule has 0 bridgehead atoms. The summed E-state index contributed by atoms with van der Waals surface area (Å²) in [4.78, 5) is 26.3. The normalized spacial score (nSPS) is 10.6. The van der Waals surface area contributed by atoms with E-state index in [0.717, 1.165) is 17.7 Å². The summed E-state index contributed by atoms with van der Waals surface area (Å²) < 4.78 is 18.5.